The smallest absolute Gasteiger partial charge is 0.160 e. The van der Waals surface area contributed by atoms with E-state index in [9.17, 15) is 8.78 Å². The number of thioether (sulfide) groups is 1. The maximum atomic E-state index is 13.6. The Morgan fingerprint density at radius 1 is 1.14 bits per heavy atom. The van der Waals surface area contributed by atoms with E-state index >= 15 is 0 Å². The fourth-order valence-corrected chi connectivity index (χ4v) is 3.15. The van der Waals surface area contributed by atoms with Crippen molar-refractivity contribution >= 4 is 23.4 Å². The Bertz CT molecular complexity index is 634. The molecule has 1 atom stereocenters. The number of benzene rings is 2. The summed E-state index contributed by atoms with van der Waals surface area (Å²) < 4.78 is 26.9. The van der Waals surface area contributed by atoms with Crippen molar-refractivity contribution in [3.8, 4) is 0 Å². The maximum absolute atomic E-state index is 13.6. The molecule has 1 nitrogen and oxygen atoms in total. The van der Waals surface area contributed by atoms with Gasteiger partial charge in [0.15, 0.2) is 11.6 Å². The van der Waals surface area contributed by atoms with Crippen LogP contribution in [0.4, 0.5) is 8.78 Å². The fraction of sp³-hybridized carbons (Fsp3) is 0.250. The molecule has 0 aliphatic heterocycles. The second kappa shape index (κ2) is 7.25. The minimum Gasteiger partial charge on any atom is -0.306 e. The Morgan fingerprint density at radius 3 is 2.48 bits per heavy atom. The van der Waals surface area contributed by atoms with Crippen molar-refractivity contribution in [2.24, 2.45) is 0 Å². The van der Waals surface area contributed by atoms with Crippen LogP contribution in [0, 0.1) is 11.6 Å². The summed E-state index contributed by atoms with van der Waals surface area (Å²) in [6.07, 6.45) is 1.98. The molecule has 0 spiro atoms. The van der Waals surface area contributed by atoms with Gasteiger partial charge in [-0.05, 0) is 42.1 Å². The Kier molecular flexibility index (Phi) is 5.62. The van der Waals surface area contributed by atoms with E-state index in [1.165, 1.54) is 6.07 Å². The van der Waals surface area contributed by atoms with Crippen molar-refractivity contribution in [2.45, 2.75) is 17.9 Å². The normalized spacial score (nSPS) is 12.4. The highest BCUT2D eigenvalue weighted by atomic mass is 35.5. The summed E-state index contributed by atoms with van der Waals surface area (Å²) in [6, 6.07) is 9.76. The van der Waals surface area contributed by atoms with Crippen molar-refractivity contribution in [1.29, 1.82) is 0 Å². The van der Waals surface area contributed by atoms with Gasteiger partial charge >= 0.3 is 0 Å². The van der Waals surface area contributed by atoms with Crippen molar-refractivity contribution in [3.63, 3.8) is 0 Å². The molecule has 0 aliphatic rings. The van der Waals surface area contributed by atoms with E-state index in [1.807, 2.05) is 37.4 Å². The molecular formula is C16H16ClF2NS. The van der Waals surface area contributed by atoms with Crippen molar-refractivity contribution in [1.82, 2.24) is 5.32 Å². The number of hydrogen-bond acceptors (Lipinski definition) is 2. The van der Waals surface area contributed by atoms with E-state index in [2.05, 4.69) is 5.32 Å². The van der Waals surface area contributed by atoms with Gasteiger partial charge in [0.25, 0.3) is 0 Å². The van der Waals surface area contributed by atoms with E-state index in [0.717, 1.165) is 16.5 Å². The van der Waals surface area contributed by atoms with Crippen LogP contribution in [0.5, 0.6) is 0 Å². The van der Waals surface area contributed by atoms with Gasteiger partial charge in [-0.2, -0.15) is 0 Å². The molecule has 0 fully saturated rings. The summed E-state index contributed by atoms with van der Waals surface area (Å²) in [6.45, 7) is 2.64. The molecule has 0 saturated heterocycles. The summed E-state index contributed by atoms with van der Waals surface area (Å²) >= 11 is 7.73. The van der Waals surface area contributed by atoms with Crippen LogP contribution < -0.4 is 5.32 Å². The quantitative estimate of drug-likeness (QED) is 0.610. The lowest BCUT2D eigenvalue weighted by atomic mass is 9.98. The van der Waals surface area contributed by atoms with Crippen molar-refractivity contribution < 1.29 is 8.78 Å². The molecule has 0 radical (unpaired) electrons. The van der Waals surface area contributed by atoms with Gasteiger partial charge in [0, 0.05) is 9.92 Å². The summed E-state index contributed by atoms with van der Waals surface area (Å²) in [7, 11) is 0. The van der Waals surface area contributed by atoms with Crippen LogP contribution in [0.25, 0.3) is 0 Å². The average molecular weight is 328 g/mol. The largest absolute Gasteiger partial charge is 0.306 e. The lowest BCUT2D eigenvalue weighted by Crippen LogP contribution is -2.23. The highest BCUT2D eigenvalue weighted by molar-refractivity contribution is 7.98. The van der Waals surface area contributed by atoms with Crippen LogP contribution in [0.2, 0.25) is 5.02 Å². The Labute approximate surface area is 132 Å². The number of nitrogens with one attached hydrogen (secondary N) is 1. The number of hydrogen-bond donors (Lipinski definition) is 1. The second-order valence-electron chi connectivity index (χ2n) is 4.52. The Morgan fingerprint density at radius 2 is 1.81 bits per heavy atom. The molecule has 112 valence electrons. The van der Waals surface area contributed by atoms with Gasteiger partial charge in [-0.15, -0.1) is 11.8 Å². The van der Waals surface area contributed by atoms with Crippen LogP contribution in [0.1, 0.15) is 24.1 Å². The van der Waals surface area contributed by atoms with Gasteiger partial charge in [-0.25, -0.2) is 8.78 Å². The SMILES string of the molecule is CCNC(c1cc(F)c(F)cc1Cl)c1ccccc1SC. The lowest BCUT2D eigenvalue weighted by molar-refractivity contribution is 0.503. The van der Waals surface area contributed by atoms with Gasteiger partial charge in [-0.1, -0.05) is 36.7 Å². The molecule has 21 heavy (non-hydrogen) atoms. The van der Waals surface area contributed by atoms with Gasteiger partial charge in [-0.3, -0.25) is 0 Å². The topological polar surface area (TPSA) is 12.0 Å². The van der Waals surface area contributed by atoms with Crippen molar-refractivity contribution in [2.75, 3.05) is 12.8 Å². The van der Waals surface area contributed by atoms with Gasteiger partial charge in [0.2, 0.25) is 0 Å². The summed E-state index contributed by atoms with van der Waals surface area (Å²) in [5.41, 5.74) is 1.54. The van der Waals surface area contributed by atoms with E-state index in [1.54, 1.807) is 11.8 Å². The standard InChI is InChI=1S/C16H16ClF2NS/c1-3-20-16(10-6-4-5-7-15(10)21-2)11-8-13(18)14(19)9-12(11)17/h4-9,16,20H,3H2,1-2H3. The van der Waals surface area contributed by atoms with Crippen LogP contribution in [0.15, 0.2) is 41.3 Å². The molecule has 5 heteroatoms. The second-order valence-corrected chi connectivity index (χ2v) is 5.78. The maximum Gasteiger partial charge on any atom is 0.160 e. The summed E-state index contributed by atoms with van der Waals surface area (Å²) in [5.74, 6) is -1.82. The van der Waals surface area contributed by atoms with E-state index in [4.69, 9.17) is 11.6 Å². The Hall–Kier alpha value is -1.10. The fourth-order valence-electron chi connectivity index (χ4n) is 2.26. The molecule has 0 saturated carbocycles. The molecule has 0 aliphatic carbocycles. The Balaban J connectivity index is 2.56. The third-order valence-corrected chi connectivity index (χ3v) is 4.35. The highest BCUT2D eigenvalue weighted by Crippen LogP contribution is 2.34. The van der Waals surface area contributed by atoms with Crippen molar-refractivity contribution in [3.05, 3.63) is 64.2 Å². The van der Waals surface area contributed by atoms with Crippen LogP contribution >= 0.6 is 23.4 Å². The first-order chi connectivity index (χ1) is 10.1. The van der Waals surface area contributed by atoms with Gasteiger partial charge in [0.05, 0.1) is 6.04 Å². The molecule has 0 amide bonds. The third-order valence-electron chi connectivity index (χ3n) is 3.21. The molecule has 2 aromatic carbocycles. The molecular weight excluding hydrogens is 312 g/mol. The average Bonchev–Trinajstić information content (AvgIpc) is 2.49. The molecule has 0 aromatic heterocycles. The first kappa shape index (κ1) is 16.3. The first-order valence-electron chi connectivity index (χ1n) is 6.59. The summed E-state index contributed by atoms with van der Waals surface area (Å²) in [5, 5.41) is 3.51. The predicted molar refractivity (Wildman–Crippen MR) is 85.1 cm³/mol. The first-order valence-corrected chi connectivity index (χ1v) is 8.19. The minimum absolute atomic E-state index is 0.218. The van der Waals surface area contributed by atoms with Crippen LogP contribution in [0.3, 0.4) is 0 Å². The monoisotopic (exact) mass is 327 g/mol. The molecule has 1 N–H and O–H groups in total. The summed E-state index contributed by atoms with van der Waals surface area (Å²) in [4.78, 5) is 1.07. The van der Waals surface area contributed by atoms with E-state index < -0.39 is 11.6 Å². The van der Waals surface area contributed by atoms with Crippen LogP contribution in [-0.2, 0) is 0 Å². The highest BCUT2D eigenvalue weighted by Gasteiger charge is 2.21. The zero-order chi connectivity index (χ0) is 15.4. The predicted octanol–water partition coefficient (Wildman–Crippen LogP) is 5.04. The van der Waals surface area contributed by atoms with E-state index in [-0.39, 0.29) is 11.1 Å². The lowest BCUT2D eigenvalue weighted by Gasteiger charge is -2.22. The molecule has 2 rings (SSSR count). The number of halogens is 3. The zero-order valence-corrected chi connectivity index (χ0v) is 13.4. The van der Waals surface area contributed by atoms with Crippen LogP contribution in [-0.4, -0.2) is 12.8 Å². The minimum atomic E-state index is -0.933. The zero-order valence-electron chi connectivity index (χ0n) is 11.8. The van der Waals surface area contributed by atoms with Gasteiger partial charge in [0.1, 0.15) is 0 Å². The van der Waals surface area contributed by atoms with E-state index in [0.29, 0.717) is 12.1 Å². The number of rotatable bonds is 5. The molecule has 0 heterocycles. The van der Waals surface area contributed by atoms with Gasteiger partial charge < -0.3 is 5.32 Å². The molecule has 1 unspecified atom stereocenters. The molecule has 2 aromatic rings. The molecule has 0 bridgehead atoms. The third kappa shape index (κ3) is 3.57.